The summed E-state index contributed by atoms with van der Waals surface area (Å²) in [4.78, 5) is 11.1. The predicted molar refractivity (Wildman–Crippen MR) is 72.6 cm³/mol. The Labute approximate surface area is 111 Å². The Balaban J connectivity index is 0.00000121. The van der Waals surface area contributed by atoms with E-state index in [-0.39, 0.29) is 17.4 Å². The molecule has 3 nitrogen and oxygen atoms in total. The summed E-state index contributed by atoms with van der Waals surface area (Å²) in [6.45, 7) is 5.97. The molecule has 4 heteroatoms. The van der Waals surface area contributed by atoms with Gasteiger partial charge >= 0.3 is 5.97 Å². The summed E-state index contributed by atoms with van der Waals surface area (Å²) in [7, 11) is 1.34. The van der Waals surface area contributed by atoms with Gasteiger partial charge in [-0.3, -0.25) is 0 Å². The van der Waals surface area contributed by atoms with Gasteiger partial charge in [0.05, 0.1) is 7.11 Å². The lowest BCUT2D eigenvalue weighted by Crippen LogP contribution is -2.12. The molecule has 0 aliphatic carbocycles. The second kappa shape index (κ2) is 9.05. The van der Waals surface area contributed by atoms with Crippen molar-refractivity contribution in [3.8, 4) is 5.75 Å². The van der Waals surface area contributed by atoms with Crippen molar-refractivity contribution >= 4 is 21.9 Å². The Hall–Kier alpha value is -1.03. The van der Waals surface area contributed by atoms with Crippen LogP contribution in [0.4, 0.5) is 0 Å². The van der Waals surface area contributed by atoms with Gasteiger partial charge in [-0.1, -0.05) is 41.9 Å². The molecule has 1 aromatic rings. The molecule has 1 aromatic carbocycles. The maximum Gasteiger partial charge on any atom is 0.343 e. The van der Waals surface area contributed by atoms with Crippen molar-refractivity contribution in [1.29, 1.82) is 0 Å². The second-order valence-electron chi connectivity index (χ2n) is 3.05. The fourth-order valence-electron chi connectivity index (χ4n) is 1.05. The molecule has 96 valence electrons. The minimum absolute atomic E-state index is 0.0589. The van der Waals surface area contributed by atoms with Crippen LogP contribution in [0.25, 0.3) is 0 Å². The fraction of sp³-hybridized carbons (Fsp3) is 0.462. The van der Waals surface area contributed by atoms with Crippen LogP contribution < -0.4 is 4.74 Å². The fourth-order valence-corrected chi connectivity index (χ4v) is 1.34. The highest BCUT2D eigenvalue weighted by Gasteiger charge is 2.04. The number of benzene rings is 1. The van der Waals surface area contributed by atoms with Gasteiger partial charge < -0.3 is 9.47 Å². The van der Waals surface area contributed by atoms with E-state index in [9.17, 15) is 4.79 Å². The maximum absolute atomic E-state index is 10.8. The lowest BCUT2D eigenvalue weighted by atomic mass is 10.2. The summed E-state index contributed by atoms with van der Waals surface area (Å²) in [5.41, 5.74) is 1.11. The van der Waals surface area contributed by atoms with Gasteiger partial charge in [-0.05, 0) is 24.6 Å². The van der Waals surface area contributed by atoms with Gasteiger partial charge in [-0.25, -0.2) is 4.79 Å². The van der Waals surface area contributed by atoms with Gasteiger partial charge in [0.15, 0.2) is 6.61 Å². The number of alkyl halides is 1. The minimum Gasteiger partial charge on any atom is -0.482 e. The molecule has 0 saturated carbocycles. The molecule has 0 aromatic heterocycles. The van der Waals surface area contributed by atoms with Crippen molar-refractivity contribution in [2.24, 2.45) is 0 Å². The molecule has 0 fully saturated rings. The number of methoxy groups -OCH3 is 1. The van der Waals surface area contributed by atoms with Gasteiger partial charge in [0, 0.05) is 4.83 Å². The predicted octanol–water partition coefficient (Wildman–Crippen LogP) is 3.72. The molecule has 0 N–H and O–H groups in total. The molecule has 1 unspecified atom stereocenters. The molecule has 0 bridgehead atoms. The van der Waals surface area contributed by atoms with Crippen LogP contribution in [0, 0.1) is 0 Å². The summed E-state index contributed by atoms with van der Waals surface area (Å²) in [6.07, 6.45) is 0. The van der Waals surface area contributed by atoms with Gasteiger partial charge in [0.2, 0.25) is 0 Å². The van der Waals surface area contributed by atoms with Crippen molar-refractivity contribution in [1.82, 2.24) is 0 Å². The average molecular weight is 303 g/mol. The molecular weight excluding hydrogens is 284 g/mol. The van der Waals surface area contributed by atoms with Crippen molar-refractivity contribution in [2.45, 2.75) is 25.6 Å². The Kier molecular flexibility index (Phi) is 8.50. The van der Waals surface area contributed by atoms with E-state index in [1.807, 2.05) is 45.0 Å². The van der Waals surface area contributed by atoms with Crippen LogP contribution in [-0.4, -0.2) is 19.7 Å². The van der Waals surface area contributed by atoms with Gasteiger partial charge in [-0.2, -0.15) is 0 Å². The van der Waals surface area contributed by atoms with Crippen LogP contribution in [0.1, 0.15) is 31.2 Å². The van der Waals surface area contributed by atoms with E-state index < -0.39 is 0 Å². The molecule has 0 amide bonds. The monoisotopic (exact) mass is 302 g/mol. The van der Waals surface area contributed by atoms with E-state index in [0.717, 1.165) is 5.56 Å². The van der Waals surface area contributed by atoms with E-state index in [2.05, 4.69) is 20.7 Å². The number of hydrogen-bond acceptors (Lipinski definition) is 3. The molecule has 0 aliphatic rings. The van der Waals surface area contributed by atoms with Crippen LogP contribution in [0.15, 0.2) is 24.3 Å². The number of rotatable bonds is 4. The topological polar surface area (TPSA) is 35.5 Å². The van der Waals surface area contributed by atoms with E-state index in [0.29, 0.717) is 5.75 Å². The number of ether oxygens (including phenoxy) is 2. The largest absolute Gasteiger partial charge is 0.482 e. The van der Waals surface area contributed by atoms with Crippen molar-refractivity contribution in [3.05, 3.63) is 29.8 Å². The second-order valence-corrected chi connectivity index (χ2v) is 4.43. The summed E-state index contributed by atoms with van der Waals surface area (Å²) in [6, 6.07) is 7.58. The first-order chi connectivity index (χ1) is 8.13. The third kappa shape index (κ3) is 6.31. The Morgan fingerprint density at radius 3 is 2.59 bits per heavy atom. The lowest BCUT2D eigenvalue weighted by Gasteiger charge is -2.08. The average Bonchev–Trinajstić information content (AvgIpc) is 2.38. The Morgan fingerprint density at radius 1 is 1.41 bits per heavy atom. The highest BCUT2D eigenvalue weighted by atomic mass is 79.9. The first kappa shape index (κ1) is 16.0. The zero-order valence-electron chi connectivity index (χ0n) is 10.7. The van der Waals surface area contributed by atoms with E-state index in [1.54, 1.807) is 0 Å². The number of esters is 1. The molecule has 0 radical (unpaired) electrons. The number of hydrogen-bond donors (Lipinski definition) is 0. The minimum atomic E-state index is -0.382. The summed E-state index contributed by atoms with van der Waals surface area (Å²) in [5.74, 6) is 0.288. The zero-order valence-corrected chi connectivity index (χ0v) is 12.3. The number of carbonyl (C=O) groups is 1. The van der Waals surface area contributed by atoms with Crippen molar-refractivity contribution in [2.75, 3.05) is 13.7 Å². The van der Waals surface area contributed by atoms with E-state index in [1.165, 1.54) is 7.11 Å². The maximum atomic E-state index is 10.8. The van der Waals surface area contributed by atoms with Crippen LogP contribution in [-0.2, 0) is 9.53 Å². The first-order valence-corrected chi connectivity index (χ1v) is 6.48. The smallest absolute Gasteiger partial charge is 0.343 e. The van der Waals surface area contributed by atoms with Crippen molar-refractivity contribution in [3.63, 3.8) is 0 Å². The quantitative estimate of drug-likeness (QED) is 0.628. The molecule has 0 saturated heterocycles. The summed E-state index contributed by atoms with van der Waals surface area (Å²) in [5, 5.41) is 0. The Morgan fingerprint density at radius 2 is 2.06 bits per heavy atom. The van der Waals surface area contributed by atoms with Crippen LogP contribution in [0.5, 0.6) is 5.75 Å². The van der Waals surface area contributed by atoms with E-state index in [4.69, 9.17) is 4.74 Å². The highest BCUT2D eigenvalue weighted by molar-refractivity contribution is 9.09. The summed E-state index contributed by atoms with van der Waals surface area (Å²) >= 11 is 3.46. The summed E-state index contributed by atoms with van der Waals surface area (Å²) < 4.78 is 9.73. The number of halogens is 1. The highest BCUT2D eigenvalue weighted by Crippen LogP contribution is 2.24. The number of carbonyl (C=O) groups excluding carboxylic acids is 1. The standard InChI is InChI=1S/C11H13BrO3.C2H6/c1-8(12)9-4-3-5-10(6-9)15-7-11(13)14-2;1-2/h3-6,8H,7H2,1-2H3;1-2H3. The Bertz CT molecular complexity index is 337. The van der Waals surface area contributed by atoms with Crippen LogP contribution in [0.3, 0.4) is 0 Å². The molecule has 1 rings (SSSR count). The molecule has 0 aliphatic heterocycles. The SMILES string of the molecule is CC.COC(=O)COc1cccc(C(C)Br)c1. The van der Waals surface area contributed by atoms with Crippen LogP contribution >= 0.6 is 15.9 Å². The molecular formula is C13H19BrO3. The van der Waals surface area contributed by atoms with Gasteiger partial charge in [0.1, 0.15) is 5.75 Å². The van der Waals surface area contributed by atoms with Gasteiger partial charge in [-0.15, -0.1) is 0 Å². The zero-order chi connectivity index (χ0) is 13.3. The first-order valence-electron chi connectivity index (χ1n) is 5.57. The van der Waals surface area contributed by atoms with E-state index >= 15 is 0 Å². The third-order valence-corrected chi connectivity index (χ3v) is 2.43. The molecule has 0 spiro atoms. The molecule has 0 heterocycles. The van der Waals surface area contributed by atoms with Crippen LogP contribution in [0.2, 0.25) is 0 Å². The van der Waals surface area contributed by atoms with Crippen molar-refractivity contribution < 1.29 is 14.3 Å². The molecule has 17 heavy (non-hydrogen) atoms. The normalized spacial score (nSPS) is 10.9. The molecule has 1 atom stereocenters. The third-order valence-electron chi connectivity index (χ3n) is 1.90. The van der Waals surface area contributed by atoms with Gasteiger partial charge in [0.25, 0.3) is 0 Å². The lowest BCUT2D eigenvalue weighted by molar-refractivity contribution is -0.142.